The van der Waals surface area contributed by atoms with Crippen LogP contribution in [0.4, 0.5) is 0 Å². The van der Waals surface area contributed by atoms with Crippen molar-refractivity contribution in [2.24, 2.45) is 7.05 Å². The van der Waals surface area contributed by atoms with Gasteiger partial charge in [-0.3, -0.25) is 4.79 Å². The van der Waals surface area contributed by atoms with Gasteiger partial charge in [0.1, 0.15) is 11.4 Å². The number of carbonyl (C=O) groups excluding carboxylic acids is 1. The Kier molecular flexibility index (Phi) is 7.04. The second kappa shape index (κ2) is 10.7. The molecule has 0 saturated heterocycles. The lowest BCUT2D eigenvalue weighted by atomic mass is 9.88. The highest BCUT2D eigenvalue weighted by atomic mass is 16.2. The van der Waals surface area contributed by atoms with E-state index in [1.165, 1.54) is 16.7 Å². The molecule has 0 aliphatic heterocycles. The second-order valence-electron chi connectivity index (χ2n) is 9.54. The summed E-state index contributed by atoms with van der Waals surface area (Å²) in [7, 11) is 1.98. The standard InChI is InChI=1S/C32H32N4O/c1-23-16-17-29(24(2)21-23)36-31(22-28(34-36)30-15-10-20-35(30)3)32(37)33-19-18-27(25-11-6-4-7-12-25)26-13-8-5-9-14-26/h4-17,20-22,27H,18-19H2,1-3H3,(H,33,37). The molecule has 0 atom stereocenters. The van der Waals surface area contributed by atoms with Crippen LogP contribution in [0.15, 0.2) is 103 Å². The number of hydrogen-bond donors (Lipinski definition) is 1. The fourth-order valence-corrected chi connectivity index (χ4v) is 4.94. The van der Waals surface area contributed by atoms with Gasteiger partial charge in [0.25, 0.3) is 5.91 Å². The normalized spacial score (nSPS) is 11.1. The zero-order valence-corrected chi connectivity index (χ0v) is 21.6. The molecule has 186 valence electrons. The Morgan fingerprint density at radius 3 is 2.14 bits per heavy atom. The van der Waals surface area contributed by atoms with Crippen LogP contribution in [0.5, 0.6) is 0 Å². The number of benzene rings is 3. The highest BCUT2D eigenvalue weighted by molar-refractivity contribution is 5.94. The molecule has 0 unspecified atom stereocenters. The van der Waals surface area contributed by atoms with E-state index in [1.807, 2.05) is 54.2 Å². The first-order valence-electron chi connectivity index (χ1n) is 12.7. The minimum absolute atomic E-state index is 0.132. The summed E-state index contributed by atoms with van der Waals surface area (Å²) in [5, 5.41) is 8.05. The molecule has 5 nitrogen and oxygen atoms in total. The lowest BCUT2D eigenvalue weighted by Crippen LogP contribution is -2.28. The SMILES string of the molecule is Cc1ccc(-n2nc(-c3cccn3C)cc2C(=O)NCCC(c2ccccc2)c2ccccc2)c(C)c1. The molecule has 5 rings (SSSR count). The largest absolute Gasteiger partial charge is 0.351 e. The number of nitrogens with zero attached hydrogens (tertiary/aromatic N) is 3. The van der Waals surface area contributed by atoms with Crippen LogP contribution in [0.25, 0.3) is 17.1 Å². The highest BCUT2D eigenvalue weighted by Crippen LogP contribution is 2.28. The quantitative estimate of drug-likeness (QED) is 0.273. The molecule has 1 amide bonds. The summed E-state index contributed by atoms with van der Waals surface area (Å²) in [6, 6.07) is 33.0. The Morgan fingerprint density at radius 1 is 0.865 bits per heavy atom. The van der Waals surface area contributed by atoms with E-state index in [4.69, 9.17) is 5.10 Å². The summed E-state index contributed by atoms with van der Waals surface area (Å²) in [5.41, 5.74) is 7.90. The summed E-state index contributed by atoms with van der Waals surface area (Å²) >= 11 is 0. The first-order chi connectivity index (χ1) is 18.0. The molecule has 37 heavy (non-hydrogen) atoms. The number of carbonyl (C=O) groups is 1. The highest BCUT2D eigenvalue weighted by Gasteiger charge is 2.21. The van der Waals surface area contributed by atoms with Crippen LogP contribution >= 0.6 is 0 Å². The number of aromatic nitrogens is 3. The van der Waals surface area contributed by atoms with Crippen molar-refractivity contribution in [1.29, 1.82) is 0 Å². The maximum atomic E-state index is 13.6. The van der Waals surface area contributed by atoms with E-state index < -0.39 is 0 Å². The molecule has 0 fully saturated rings. The summed E-state index contributed by atoms with van der Waals surface area (Å²) in [6.45, 7) is 4.67. The Bertz CT molecular complexity index is 1460. The third-order valence-electron chi connectivity index (χ3n) is 6.85. The molecule has 5 aromatic rings. The van der Waals surface area contributed by atoms with Crippen molar-refractivity contribution in [3.63, 3.8) is 0 Å². The van der Waals surface area contributed by atoms with E-state index in [2.05, 4.69) is 79.8 Å². The lowest BCUT2D eigenvalue weighted by Gasteiger charge is -2.18. The summed E-state index contributed by atoms with van der Waals surface area (Å²) < 4.78 is 3.79. The zero-order valence-electron chi connectivity index (χ0n) is 21.6. The molecule has 5 heteroatoms. The van der Waals surface area contributed by atoms with E-state index in [0.717, 1.165) is 29.1 Å². The van der Waals surface area contributed by atoms with Crippen LogP contribution in [-0.4, -0.2) is 26.8 Å². The van der Waals surface area contributed by atoms with Crippen molar-refractivity contribution < 1.29 is 4.79 Å². The van der Waals surface area contributed by atoms with Gasteiger partial charge in [0.05, 0.1) is 11.4 Å². The molecular formula is C32H32N4O. The van der Waals surface area contributed by atoms with E-state index >= 15 is 0 Å². The van der Waals surface area contributed by atoms with Crippen molar-refractivity contribution in [3.8, 4) is 17.1 Å². The van der Waals surface area contributed by atoms with E-state index in [9.17, 15) is 4.79 Å². The number of nitrogens with one attached hydrogen (secondary N) is 1. The first kappa shape index (κ1) is 24.3. The third-order valence-corrected chi connectivity index (χ3v) is 6.85. The average Bonchev–Trinajstić information content (AvgIpc) is 3.54. The van der Waals surface area contributed by atoms with Gasteiger partial charge in [-0.2, -0.15) is 5.10 Å². The van der Waals surface area contributed by atoms with Crippen LogP contribution < -0.4 is 5.32 Å². The molecule has 2 aromatic heterocycles. The van der Waals surface area contributed by atoms with Gasteiger partial charge in [-0.15, -0.1) is 0 Å². The molecule has 1 N–H and O–H groups in total. The van der Waals surface area contributed by atoms with Crippen LogP contribution in [0.3, 0.4) is 0 Å². The van der Waals surface area contributed by atoms with Crippen LogP contribution in [0.2, 0.25) is 0 Å². The molecule has 0 spiro atoms. The predicted molar refractivity (Wildman–Crippen MR) is 149 cm³/mol. The predicted octanol–water partition coefficient (Wildman–Crippen LogP) is 6.45. The van der Waals surface area contributed by atoms with Crippen LogP contribution in [-0.2, 0) is 7.05 Å². The van der Waals surface area contributed by atoms with E-state index in [0.29, 0.717) is 12.2 Å². The smallest absolute Gasteiger partial charge is 0.270 e. The fourth-order valence-electron chi connectivity index (χ4n) is 4.94. The molecule has 0 aliphatic rings. The first-order valence-corrected chi connectivity index (χ1v) is 12.7. The molecule has 3 aromatic carbocycles. The monoisotopic (exact) mass is 488 g/mol. The Balaban J connectivity index is 1.42. The van der Waals surface area contributed by atoms with Gasteiger partial charge >= 0.3 is 0 Å². The summed E-state index contributed by atoms with van der Waals surface area (Å²) in [6.07, 6.45) is 2.78. The molecule has 2 heterocycles. The van der Waals surface area contributed by atoms with Crippen molar-refractivity contribution in [2.45, 2.75) is 26.2 Å². The van der Waals surface area contributed by atoms with Gasteiger partial charge in [0.2, 0.25) is 0 Å². The van der Waals surface area contributed by atoms with Gasteiger partial charge < -0.3 is 9.88 Å². The Morgan fingerprint density at radius 2 is 1.54 bits per heavy atom. The minimum Gasteiger partial charge on any atom is -0.351 e. The molecule has 0 bridgehead atoms. The lowest BCUT2D eigenvalue weighted by molar-refractivity contribution is 0.0945. The maximum Gasteiger partial charge on any atom is 0.270 e. The van der Waals surface area contributed by atoms with Gasteiger partial charge in [-0.25, -0.2) is 4.68 Å². The summed E-state index contributed by atoms with van der Waals surface area (Å²) in [4.78, 5) is 13.6. The minimum atomic E-state index is -0.132. The van der Waals surface area contributed by atoms with Crippen molar-refractivity contribution >= 4 is 5.91 Å². The molecular weight excluding hydrogens is 456 g/mol. The van der Waals surface area contributed by atoms with Crippen molar-refractivity contribution in [1.82, 2.24) is 19.7 Å². The van der Waals surface area contributed by atoms with Gasteiger partial charge in [-0.05, 0) is 61.2 Å². The molecule has 0 saturated carbocycles. The zero-order chi connectivity index (χ0) is 25.8. The molecule has 0 aliphatic carbocycles. The fraction of sp³-hybridized carbons (Fsp3) is 0.188. The number of amides is 1. The molecule has 0 radical (unpaired) electrons. The van der Waals surface area contributed by atoms with Crippen LogP contribution in [0.1, 0.15) is 45.1 Å². The summed E-state index contributed by atoms with van der Waals surface area (Å²) in [5.74, 6) is 0.0682. The van der Waals surface area contributed by atoms with Gasteiger partial charge in [-0.1, -0.05) is 78.4 Å². The van der Waals surface area contributed by atoms with Gasteiger partial charge in [0, 0.05) is 25.7 Å². The average molecular weight is 489 g/mol. The Hall–Kier alpha value is -4.38. The number of rotatable bonds is 8. The number of hydrogen-bond acceptors (Lipinski definition) is 2. The van der Waals surface area contributed by atoms with Crippen molar-refractivity contribution in [2.75, 3.05) is 6.54 Å². The van der Waals surface area contributed by atoms with E-state index in [1.54, 1.807) is 4.68 Å². The van der Waals surface area contributed by atoms with Gasteiger partial charge in [0.15, 0.2) is 0 Å². The number of aryl methyl sites for hydroxylation is 3. The van der Waals surface area contributed by atoms with Crippen molar-refractivity contribution in [3.05, 3.63) is 131 Å². The van der Waals surface area contributed by atoms with E-state index in [-0.39, 0.29) is 11.8 Å². The Labute approximate surface area is 218 Å². The van der Waals surface area contributed by atoms with Crippen LogP contribution in [0, 0.1) is 13.8 Å². The second-order valence-corrected chi connectivity index (χ2v) is 9.54. The third kappa shape index (κ3) is 5.26. The topological polar surface area (TPSA) is 51.9 Å². The maximum absolute atomic E-state index is 13.6.